The Hall–Kier alpha value is -0.580. The molecule has 0 atom stereocenters. The lowest BCUT2D eigenvalue weighted by Gasteiger charge is -2.02. The van der Waals surface area contributed by atoms with Crippen LogP contribution in [0.1, 0.15) is 12.8 Å². The molecule has 0 radical (unpaired) electrons. The Morgan fingerprint density at radius 2 is 2.23 bits per heavy atom. The van der Waals surface area contributed by atoms with Gasteiger partial charge in [-0.3, -0.25) is 4.79 Å². The average Bonchev–Trinajstić information content (AvgIpc) is 2.85. The third kappa shape index (κ3) is 2.43. The maximum absolute atomic E-state index is 11.3. The van der Waals surface area contributed by atoms with Gasteiger partial charge in [-0.2, -0.15) is 0 Å². The van der Waals surface area contributed by atoms with Gasteiger partial charge in [-0.15, -0.1) is 0 Å². The Balaban J connectivity index is 2.04. The van der Waals surface area contributed by atoms with Gasteiger partial charge in [0.15, 0.2) is 0 Å². The van der Waals surface area contributed by atoms with Gasteiger partial charge in [0.2, 0.25) is 0 Å². The van der Waals surface area contributed by atoms with Crippen LogP contribution in [0.2, 0.25) is 0 Å². The van der Waals surface area contributed by atoms with Gasteiger partial charge >= 0.3 is 5.97 Å². The standard InChI is InChI=1S/C10H9IO2/c11-8-2-1-3-9(6-8)13-10(12)7-4-5-7/h1-3,6-7H,4-5H2. The second-order valence-electron chi connectivity index (χ2n) is 3.15. The van der Waals surface area contributed by atoms with Crippen LogP contribution in [0.15, 0.2) is 24.3 Å². The van der Waals surface area contributed by atoms with E-state index in [0.717, 1.165) is 16.4 Å². The van der Waals surface area contributed by atoms with E-state index >= 15 is 0 Å². The highest BCUT2D eigenvalue weighted by Crippen LogP contribution is 2.30. The third-order valence-electron chi connectivity index (χ3n) is 1.93. The van der Waals surface area contributed by atoms with E-state index in [9.17, 15) is 4.79 Å². The van der Waals surface area contributed by atoms with Crippen LogP contribution in [0.5, 0.6) is 5.75 Å². The largest absolute Gasteiger partial charge is 0.426 e. The Kier molecular flexibility index (Phi) is 2.53. The molecule has 1 aromatic carbocycles. The molecular weight excluding hydrogens is 279 g/mol. The first-order valence-corrected chi connectivity index (χ1v) is 5.31. The fraction of sp³-hybridized carbons (Fsp3) is 0.300. The van der Waals surface area contributed by atoms with Crippen molar-refractivity contribution in [1.29, 1.82) is 0 Å². The zero-order chi connectivity index (χ0) is 9.26. The maximum Gasteiger partial charge on any atom is 0.314 e. The van der Waals surface area contributed by atoms with E-state index in [4.69, 9.17) is 4.74 Å². The van der Waals surface area contributed by atoms with Crippen LogP contribution in [0.3, 0.4) is 0 Å². The summed E-state index contributed by atoms with van der Waals surface area (Å²) in [4.78, 5) is 11.3. The molecule has 13 heavy (non-hydrogen) atoms. The van der Waals surface area contributed by atoms with Gasteiger partial charge in [0, 0.05) is 3.57 Å². The van der Waals surface area contributed by atoms with E-state index in [0.29, 0.717) is 5.75 Å². The van der Waals surface area contributed by atoms with Gasteiger partial charge in [0.1, 0.15) is 5.75 Å². The first kappa shape index (κ1) is 8.99. The molecule has 0 spiro atoms. The van der Waals surface area contributed by atoms with Crippen molar-refractivity contribution in [3.8, 4) is 5.75 Å². The molecule has 0 unspecified atom stereocenters. The quantitative estimate of drug-likeness (QED) is 0.475. The molecule has 2 nitrogen and oxygen atoms in total. The summed E-state index contributed by atoms with van der Waals surface area (Å²) in [6.45, 7) is 0. The van der Waals surface area contributed by atoms with Gasteiger partial charge in [-0.05, 0) is 53.6 Å². The Morgan fingerprint density at radius 3 is 2.85 bits per heavy atom. The zero-order valence-corrected chi connectivity index (χ0v) is 9.15. The fourth-order valence-corrected chi connectivity index (χ4v) is 1.56. The van der Waals surface area contributed by atoms with E-state index in [-0.39, 0.29) is 11.9 Å². The Morgan fingerprint density at radius 1 is 1.46 bits per heavy atom. The molecule has 68 valence electrons. The number of hydrogen-bond donors (Lipinski definition) is 0. The number of rotatable bonds is 2. The van der Waals surface area contributed by atoms with Gasteiger partial charge in [0.25, 0.3) is 0 Å². The van der Waals surface area contributed by atoms with Gasteiger partial charge in [-0.25, -0.2) is 0 Å². The van der Waals surface area contributed by atoms with E-state index < -0.39 is 0 Å². The van der Waals surface area contributed by atoms with Crippen LogP contribution >= 0.6 is 22.6 Å². The molecule has 1 aliphatic carbocycles. The van der Waals surface area contributed by atoms with Crippen molar-refractivity contribution >= 4 is 28.6 Å². The van der Waals surface area contributed by atoms with Crippen LogP contribution in [0, 0.1) is 9.49 Å². The normalized spacial score (nSPS) is 15.5. The molecule has 1 fully saturated rings. The number of carbonyl (C=O) groups excluding carboxylic acids is 1. The first-order chi connectivity index (χ1) is 6.25. The highest BCUT2D eigenvalue weighted by Gasteiger charge is 2.31. The molecule has 3 heteroatoms. The molecule has 0 bridgehead atoms. The van der Waals surface area contributed by atoms with Crippen molar-refractivity contribution in [2.75, 3.05) is 0 Å². The summed E-state index contributed by atoms with van der Waals surface area (Å²) in [6.07, 6.45) is 1.98. The predicted octanol–water partition coefficient (Wildman–Crippen LogP) is 2.61. The van der Waals surface area contributed by atoms with Crippen molar-refractivity contribution in [3.05, 3.63) is 27.8 Å². The van der Waals surface area contributed by atoms with E-state index in [1.54, 1.807) is 0 Å². The molecule has 1 aromatic rings. The zero-order valence-electron chi connectivity index (χ0n) is 7.00. The summed E-state index contributed by atoms with van der Waals surface area (Å²) in [5.74, 6) is 0.740. The molecule has 1 aliphatic rings. The summed E-state index contributed by atoms with van der Waals surface area (Å²) in [5, 5.41) is 0. The van der Waals surface area contributed by atoms with E-state index in [1.807, 2.05) is 24.3 Å². The van der Waals surface area contributed by atoms with E-state index in [2.05, 4.69) is 22.6 Å². The highest BCUT2D eigenvalue weighted by molar-refractivity contribution is 14.1. The number of halogens is 1. The minimum Gasteiger partial charge on any atom is -0.426 e. The minimum atomic E-state index is -0.0815. The number of hydrogen-bond acceptors (Lipinski definition) is 2. The topological polar surface area (TPSA) is 26.3 Å². The Bertz CT molecular complexity index is 331. The molecule has 1 saturated carbocycles. The average molecular weight is 288 g/mol. The summed E-state index contributed by atoms with van der Waals surface area (Å²) in [6, 6.07) is 7.52. The van der Waals surface area contributed by atoms with Crippen LogP contribution in [-0.2, 0) is 4.79 Å². The van der Waals surface area contributed by atoms with E-state index in [1.165, 1.54) is 0 Å². The van der Waals surface area contributed by atoms with Crippen LogP contribution in [-0.4, -0.2) is 5.97 Å². The summed E-state index contributed by atoms with van der Waals surface area (Å²) in [7, 11) is 0. The summed E-state index contributed by atoms with van der Waals surface area (Å²) >= 11 is 2.19. The third-order valence-corrected chi connectivity index (χ3v) is 2.60. The lowest BCUT2D eigenvalue weighted by Crippen LogP contribution is -2.09. The van der Waals surface area contributed by atoms with Crippen molar-refractivity contribution in [2.45, 2.75) is 12.8 Å². The number of benzene rings is 1. The summed E-state index contributed by atoms with van der Waals surface area (Å²) < 4.78 is 6.26. The lowest BCUT2D eigenvalue weighted by molar-refractivity contribution is -0.135. The summed E-state index contributed by atoms with van der Waals surface area (Å²) in [5.41, 5.74) is 0. The molecule has 0 heterocycles. The number of carbonyl (C=O) groups is 1. The van der Waals surface area contributed by atoms with Crippen molar-refractivity contribution < 1.29 is 9.53 Å². The molecule has 0 amide bonds. The van der Waals surface area contributed by atoms with Gasteiger partial charge in [-0.1, -0.05) is 6.07 Å². The highest BCUT2D eigenvalue weighted by atomic mass is 127. The molecule has 0 N–H and O–H groups in total. The SMILES string of the molecule is O=C(Oc1cccc(I)c1)C1CC1. The second-order valence-corrected chi connectivity index (χ2v) is 4.40. The van der Waals surface area contributed by atoms with Crippen LogP contribution < -0.4 is 4.74 Å². The van der Waals surface area contributed by atoms with Crippen molar-refractivity contribution in [2.24, 2.45) is 5.92 Å². The smallest absolute Gasteiger partial charge is 0.314 e. The molecular formula is C10H9IO2. The monoisotopic (exact) mass is 288 g/mol. The van der Waals surface area contributed by atoms with Crippen LogP contribution in [0.4, 0.5) is 0 Å². The maximum atomic E-state index is 11.3. The number of esters is 1. The van der Waals surface area contributed by atoms with Gasteiger partial charge < -0.3 is 4.74 Å². The second kappa shape index (κ2) is 3.65. The van der Waals surface area contributed by atoms with Gasteiger partial charge in [0.05, 0.1) is 5.92 Å². The number of ether oxygens (including phenoxy) is 1. The minimum absolute atomic E-state index is 0.0815. The Labute approximate surface area is 90.4 Å². The molecule has 2 rings (SSSR count). The first-order valence-electron chi connectivity index (χ1n) is 4.23. The van der Waals surface area contributed by atoms with Crippen molar-refractivity contribution in [1.82, 2.24) is 0 Å². The molecule has 0 aliphatic heterocycles. The fourth-order valence-electron chi connectivity index (χ4n) is 1.05. The molecule has 0 saturated heterocycles. The predicted molar refractivity (Wildman–Crippen MR) is 57.5 cm³/mol. The lowest BCUT2D eigenvalue weighted by atomic mass is 10.3. The van der Waals surface area contributed by atoms with Crippen molar-refractivity contribution in [3.63, 3.8) is 0 Å². The molecule has 0 aromatic heterocycles. The van der Waals surface area contributed by atoms with Crippen LogP contribution in [0.25, 0.3) is 0 Å².